The van der Waals surface area contributed by atoms with E-state index in [0.717, 1.165) is 5.56 Å². The normalized spacial score (nSPS) is 9.94. The molecular weight excluding hydrogens is 216 g/mol. The number of pyridine rings is 1. The van der Waals surface area contributed by atoms with E-state index < -0.39 is 5.97 Å². The summed E-state index contributed by atoms with van der Waals surface area (Å²) >= 11 is 0. The Balaban J connectivity index is 2.61. The Labute approximate surface area is 98.9 Å². The Morgan fingerprint density at radius 2 is 1.88 bits per heavy atom. The molecule has 0 amide bonds. The first-order chi connectivity index (χ1) is 8.22. The summed E-state index contributed by atoms with van der Waals surface area (Å²) in [4.78, 5) is 15.4. The van der Waals surface area contributed by atoms with Gasteiger partial charge in [0, 0.05) is 12.6 Å². The van der Waals surface area contributed by atoms with Crippen molar-refractivity contribution in [3.8, 4) is 11.3 Å². The summed E-state index contributed by atoms with van der Waals surface area (Å²) in [5, 5.41) is 12.0. The quantitative estimate of drug-likeness (QED) is 0.847. The molecule has 1 aromatic heterocycles. The van der Waals surface area contributed by atoms with Crippen molar-refractivity contribution in [2.24, 2.45) is 0 Å². The first kappa shape index (κ1) is 11.1. The van der Waals surface area contributed by atoms with Crippen LogP contribution in [0.1, 0.15) is 10.4 Å². The van der Waals surface area contributed by atoms with Crippen molar-refractivity contribution in [1.29, 1.82) is 0 Å². The number of anilines is 1. The highest BCUT2D eigenvalue weighted by Crippen LogP contribution is 2.23. The predicted molar refractivity (Wildman–Crippen MR) is 66.2 cm³/mol. The zero-order valence-corrected chi connectivity index (χ0v) is 9.34. The number of carboxylic acid groups (broad SMARTS) is 1. The van der Waals surface area contributed by atoms with E-state index in [2.05, 4.69) is 10.3 Å². The number of nitrogens with zero attached hydrogens (tertiary/aromatic N) is 1. The molecule has 0 aliphatic carbocycles. The van der Waals surface area contributed by atoms with E-state index in [1.807, 2.05) is 30.3 Å². The van der Waals surface area contributed by atoms with Gasteiger partial charge in [-0.3, -0.25) is 0 Å². The van der Waals surface area contributed by atoms with E-state index in [-0.39, 0.29) is 5.56 Å². The highest BCUT2D eigenvalue weighted by Gasteiger charge is 2.13. The Kier molecular flexibility index (Phi) is 3.05. The molecule has 1 heterocycles. The lowest BCUT2D eigenvalue weighted by Gasteiger charge is -2.07. The van der Waals surface area contributed by atoms with E-state index in [9.17, 15) is 4.79 Å². The zero-order chi connectivity index (χ0) is 12.3. The van der Waals surface area contributed by atoms with Gasteiger partial charge in [0.05, 0.1) is 11.3 Å². The lowest BCUT2D eigenvalue weighted by Crippen LogP contribution is -2.03. The summed E-state index contributed by atoms with van der Waals surface area (Å²) in [5.41, 5.74) is 1.47. The molecule has 4 nitrogen and oxygen atoms in total. The van der Waals surface area contributed by atoms with E-state index >= 15 is 0 Å². The molecule has 4 heteroatoms. The lowest BCUT2D eigenvalue weighted by molar-refractivity contribution is 0.0697. The van der Waals surface area contributed by atoms with Gasteiger partial charge in [0.2, 0.25) is 0 Å². The Morgan fingerprint density at radius 1 is 1.18 bits per heavy atom. The van der Waals surface area contributed by atoms with Crippen molar-refractivity contribution in [2.75, 3.05) is 12.4 Å². The molecule has 1 aromatic carbocycles. The standard InChI is InChI=1S/C13H12N2O2/c1-14-11-8-7-10(13(16)17)12(15-11)9-5-3-2-4-6-9/h2-8H,1H3,(H,14,15)(H,16,17). The molecule has 0 aliphatic heterocycles. The fraction of sp³-hybridized carbons (Fsp3) is 0.0769. The molecule has 0 unspecified atom stereocenters. The fourth-order valence-corrected chi connectivity index (χ4v) is 1.59. The molecule has 0 saturated heterocycles. The highest BCUT2D eigenvalue weighted by molar-refractivity contribution is 5.95. The largest absolute Gasteiger partial charge is 0.478 e. The maximum atomic E-state index is 11.1. The van der Waals surface area contributed by atoms with Gasteiger partial charge in [-0.15, -0.1) is 0 Å². The molecule has 2 rings (SSSR count). The summed E-state index contributed by atoms with van der Waals surface area (Å²) in [6.45, 7) is 0. The topological polar surface area (TPSA) is 62.2 Å². The van der Waals surface area contributed by atoms with E-state index in [1.165, 1.54) is 0 Å². The third kappa shape index (κ3) is 2.25. The van der Waals surface area contributed by atoms with Gasteiger partial charge in [-0.05, 0) is 12.1 Å². The molecule has 0 aliphatic rings. The van der Waals surface area contributed by atoms with Gasteiger partial charge in [0.15, 0.2) is 0 Å². The van der Waals surface area contributed by atoms with Crippen molar-refractivity contribution < 1.29 is 9.90 Å². The molecule has 17 heavy (non-hydrogen) atoms. The molecule has 0 atom stereocenters. The number of aromatic nitrogens is 1. The number of hydrogen-bond donors (Lipinski definition) is 2. The number of aromatic carboxylic acids is 1. The van der Waals surface area contributed by atoms with Crippen LogP contribution in [0.15, 0.2) is 42.5 Å². The number of carbonyl (C=O) groups is 1. The van der Waals surface area contributed by atoms with Crippen LogP contribution >= 0.6 is 0 Å². The Hall–Kier alpha value is -2.36. The van der Waals surface area contributed by atoms with Crippen molar-refractivity contribution in [2.45, 2.75) is 0 Å². The van der Waals surface area contributed by atoms with Crippen LogP contribution in [-0.4, -0.2) is 23.1 Å². The van der Waals surface area contributed by atoms with Crippen molar-refractivity contribution in [3.63, 3.8) is 0 Å². The molecule has 86 valence electrons. The van der Waals surface area contributed by atoms with E-state index in [0.29, 0.717) is 11.5 Å². The molecule has 2 N–H and O–H groups in total. The van der Waals surface area contributed by atoms with Crippen LogP contribution in [0, 0.1) is 0 Å². The van der Waals surface area contributed by atoms with Gasteiger partial charge in [0.1, 0.15) is 5.82 Å². The summed E-state index contributed by atoms with van der Waals surface area (Å²) in [7, 11) is 1.75. The molecule has 0 saturated carbocycles. The van der Waals surface area contributed by atoms with Gasteiger partial charge < -0.3 is 10.4 Å². The SMILES string of the molecule is CNc1ccc(C(=O)O)c(-c2ccccc2)n1. The average molecular weight is 228 g/mol. The third-order valence-corrected chi connectivity index (χ3v) is 2.43. The Bertz CT molecular complexity index is 538. The number of rotatable bonds is 3. The van der Waals surface area contributed by atoms with Gasteiger partial charge in [-0.25, -0.2) is 9.78 Å². The first-order valence-electron chi connectivity index (χ1n) is 5.20. The molecule has 0 bridgehead atoms. The smallest absolute Gasteiger partial charge is 0.337 e. The Morgan fingerprint density at radius 3 is 2.47 bits per heavy atom. The summed E-state index contributed by atoms with van der Waals surface area (Å²) in [6, 6.07) is 12.5. The molecular formula is C13H12N2O2. The average Bonchev–Trinajstić information content (AvgIpc) is 2.39. The predicted octanol–water partition coefficient (Wildman–Crippen LogP) is 2.49. The summed E-state index contributed by atoms with van der Waals surface area (Å²) in [6.07, 6.45) is 0. The van der Waals surface area contributed by atoms with Crippen molar-refractivity contribution in [3.05, 3.63) is 48.0 Å². The maximum absolute atomic E-state index is 11.1. The second kappa shape index (κ2) is 4.65. The molecule has 0 radical (unpaired) electrons. The van der Waals surface area contributed by atoms with Crippen molar-refractivity contribution in [1.82, 2.24) is 4.98 Å². The highest BCUT2D eigenvalue weighted by atomic mass is 16.4. The van der Waals surface area contributed by atoms with Gasteiger partial charge >= 0.3 is 5.97 Å². The molecule has 2 aromatic rings. The van der Waals surface area contributed by atoms with Gasteiger partial charge in [0.25, 0.3) is 0 Å². The summed E-state index contributed by atoms with van der Waals surface area (Å²) in [5.74, 6) is -0.326. The van der Waals surface area contributed by atoms with Gasteiger partial charge in [-0.1, -0.05) is 30.3 Å². The summed E-state index contributed by atoms with van der Waals surface area (Å²) < 4.78 is 0. The van der Waals surface area contributed by atoms with Crippen LogP contribution in [0.5, 0.6) is 0 Å². The van der Waals surface area contributed by atoms with Crippen LogP contribution in [0.4, 0.5) is 5.82 Å². The zero-order valence-electron chi connectivity index (χ0n) is 9.34. The number of hydrogen-bond acceptors (Lipinski definition) is 3. The van der Waals surface area contributed by atoms with Crippen LogP contribution in [0.2, 0.25) is 0 Å². The minimum absolute atomic E-state index is 0.204. The number of benzene rings is 1. The second-order valence-corrected chi connectivity index (χ2v) is 3.51. The van der Waals surface area contributed by atoms with E-state index in [1.54, 1.807) is 19.2 Å². The minimum atomic E-state index is -0.973. The monoisotopic (exact) mass is 228 g/mol. The fourth-order valence-electron chi connectivity index (χ4n) is 1.59. The van der Waals surface area contributed by atoms with Crippen LogP contribution < -0.4 is 5.32 Å². The van der Waals surface area contributed by atoms with Crippen LogP contribution in [-0.2, 0) is 0 Å². The second-order valence-electron chi connectivity index (χ2n) is 3.51. The van der Waals surface area contributed by atoms with Crippen LogP contribution in [0.3, 0.4) is 0 Å². The first-order valence-corrected chi connectivity index (χ1v) is 5.20. The lowest BCUT2D eigenvalue weighted by atomic mass is 10.1. The number of carboxylic acids is 1. The molecule has 0 spiro atoms. The minimum Gasteiger partial charge on any atom is -0.478 e. The molecule has 0 fully saturated rings. The van der Waals surface area contributed by atoms with Crippen molar-refractivity contribution >= 4 is 11.8 Å². The maximum Gasteiger partial charge on any atom is 0.337 e. The van der Waals surface area contributed by atoms with Gasteiger partial charge in [-0.2, -0.15) is 0 Å². The third-order valence-electron chi connectivity index (χ3n) is 2.43. The van der Waals surface area contributed by atoms with E-state index in [4.69, 9.17) is 5.11 Å². The number of nitrogens with one attached hydrogen (secondary N) is 1. The van der Waals surface area contributed by atoms with Crippen LogP contribution in [0.25, 0.3) is 11.3 Å².